The number of carboxylic acid groups (broad SMARTS) is 1. The summed E-state index contributed by atoms with van der Waals surface area (Å²) in [6.45, 7) is 5.07. The molecule has 1 unspecified atom stereocenters. The highest BCUT2D eigenvalue weighted by atomic mass is 16.4. The Labute approximate surface area is 115 Å². The highest BCUT2D eigenvalue weighted by Crippen LogP contribution is 2.25. The summed E-state index contributed by atoms with van der Waals surface area (Å²) in [5.41, 5.74) is 2.21. The number of hydrogen-bond acceptors (Lipinski definition) is 3. The number of nitrogens with one attached hydrogen (secondary N) is 1. The van der Waals surface area contributed by atoms with Gasteiger partial charge in [-0.05, 0) is 51.2 Å². The van der Waals surface area contributed by atoms with Gasteiger partial charge in [0, 0.05) is 18.3 Å². The largest absolute Gasteiger partial charge is 0.478 e. The topological polar surface area (TPSA) is 52.6 Å². The highest BCUT2D eigenvalue weighted by molar-refractivity contribution is 5.90. The minimum atomic E-state index is -0.871. The molecule has 1 rings (SSSR count). The zero-order chi connectivity index (χ0) is 14.4. The predicted octanol–water partition coefficient (Wildman–Crippen LogP) is 3.22. The first-order valence-electron chi connectivity index (χ1n) is 6.75. The summed E-state index contributed by atoms with van der Waals surface area (Å²) in [5.74, 6) is -0.871. The number of benzene rings is 1. The Kier molecular flexibility index (Phi) is 5.83. The van der Waals surface area contributed by atoms with Crippen LogP contribution in [0, 0.1) is 0 Å². The van der Waals surface area contributed by atoms with Crippen molar-refractivity contribution >= 4 is 11.7 Å². The monoisotopic (exact) mass is 264 g/mol. The third kappa shape index (κ3) is 4.24. The number of aromatic carboxylic acids is 1. The molecule has 4 nitrogen and oxygen atoms in total. The van der Waals surface area contributed by atoms with Gasteiger partial charge in [-0.3, -0.25) is 0 Å². The lowest BCUT2D eigenvalue weighted by molar-refractivity contribution is 0.0694. The number of hydrogen-bond donors (Lipinski definition) is 2. The molecule has 0 saturated heterocycles. The van der Waals surface area contributed by atoms with Gasteiger partial charge in [0.25, 0.3) is 0 Å². The predicted molar refractivity (Wildman–Crippen MR) is 78.9 cm³/mol. The molecule has 1 atom stereocenters. The Hall–Kier alpha value is -1.55. The Bertz CT molecular complexity index is 430. The van der Waals surface area contributed by atoms with Crippen molar-refractivity contribution in [1.82, 2.24) is 4.90 Å². The molecular formula is C15H24N2O2. The van der Waals surface area contributed by atoms with Crippen LogP contribution < -0.4 is 5.32 Å². The number of rotatable bonds is 7. The van der Waals surface area contributed by atoms with Crippen LogP contribution in [0.1, 0.15) is 48.7 Å². The van der Waals surface area contributed by atoms with E-state index in [1.165, 1.54) is 0 Å². The van der Waals surface area contributed by atoms with Crippen molar-refractivity contribution in [3.63, 3.8) is 0 Å². The molecule has 0 spiro atoms. The smallest absolute Gasteiger partial charge is 0.336 e. The van der Waals surface area contributed by atoms with Crippen molar-refractivity contribution in [3.8, 4) is 0 Å². The van der Waals surface area contributed by atoms with E-state index in [9.17, 15) is 9.90 Å². The molecular weight excluding hydrogens is 240 g/mol. The Balaban J connectivity index is 3.01. The molecule has 1 aromatic carbocycles. The van der Waals surface area contributed by atoms with Gasteiger partial charge < -0.3 is 15.3 Å². The van der Waals surface area contributed by atoms with Crippen LogP contribution in [0.5, 0.6) is 0 Å². The zero-order valence-electron chi connectivity index (χ0n) is 12.2. The van der Waals surface area contributed by atoms with Crippen LogP contribution in [0.4, 0.5) is 5.69 Å². The van der Waals surface area contributed by atoms with E-state index in [1.807, 2.05) is 38.1 Å². The maximum atomic E-state index is 11.3. The van der Waals surface area contributed by atoms with Crippen LogP contribution in [0.2, 0.25) is 0 Å². The van der Waals surface area contributed by atoms with Gasteiger partial charge in [-0.2, -0.15) is 0 Å². The molecule has 2 N–H and O–H groups in total. The first-order chi connectivity index (χ1) is 8.97. The fraction of sp³-hybridized carbons (Fsp3) is 0.533. The van der Waals surface area contributed by atoms with Gasteiger partial charge in [0.05, 0.1) is 5.56 Å². The standard InChI is InChI=1S/C15H24N2O2/c1-5-6-9-16-12-7-8-13(15(18)19)14(10-12)11(2)17(3)4/h7-8,10-11,16H,5-6,9H2,1-4H3,(H,18,19). The number of unbranched alkanes of at least 4 members (excludes halogenated alkanes) is 1. The van der Waals surface area contributed by atoms with Gasteiger partial charge in [0.1, 0.15) is 0 Å². The van der Waals surface area contributed by atoms with Crippen LogP contribution in [0.3, 0.4) is 0 Å². The molecule has 0 heterocycles. The van der Waals surface area contributed by atoms with Gasteiger partial charge in [-0.15, -0.1) is 0 Å². The summed E-state index contributed by atoms with van der Waals surface area (Å²) >= 11 is 0. The number of carbonyl (C=O) groups is 1. The molecule has 0 aliphatic rings. The molecule has 0 saturated carbocycles. The summed E-state index contributed by atoms with van der Waals surface area (Å²) in [5, 5.41) is 12.6. The molecule has 0 aliphatic carbocycles. The molecule has 0 amide bonds. The van der Waals surface area contributed by atoms with Gasteiger partial charge in [-0.25, -0.2) is 4.79 Å². The van der Waals surface area contributed by atoms with Crippen molar-refractivity contribution in [2.45, 2.75) is 32.7 Å². The van der Waals surface area contributed by atoms with Gasteiger partial charge in [0.2, 0.25) is 0 Å². The first-order valence-corrected chi connectivity index (χ1v) is 6.75. The van der Waals surface area contributed by atoms with E-state index in [2.05, 4.69) is 12.2 Å². The summed E-state index contributed by atoms with van der Waals surface area (Å²) in [7, 11) is 3.90. The molecule has 0 aromatic heterocycles. The average Bonchev–Trinajstić information content (AvgIpc) is 2.37. The van der Waals surface area contributed by atoms with Crippen LogP contribution in [0.25, 0.3) is 0 Å². The van der Waals surface area contributed by atoms with E-state index in [-0.39, 0.29) is 6.04 Å². The molecule has 0 aliphatic heterocycles. The van der Waals surface area contributed by atoms with Crippen LogP contribution >= 0.6 is 0 Å². The van der Waals surface area contributed by atoms with E-state index in [0.717, 1.165) is 30.6 Å². The molecule has 4 heteroatoms. The number of carboxylic acids is 1. The van der Waals surface area contributed by atoms with Crippen molar-refractivity contribution in [2.24, 2.45) is 0 Å². The second kappa shape index (κ2) is 7.14. The molecule has 0 fully saturated rings. The van der Waals surface area contributed by atoms with E-state index in [4.69, 9.17) is 0 Å². The van der Waals surface area contributed by atoms with Crippen LogP contribution in [0.15, 0.2) is 18.2 Å². The maximum Gasteiger partial charge on any atom is 0.336 e. The van der Waals surface area contributed by atoms with Crippen molar-refractivity contribution in [3.05, 3.63) is 29.3 Å². The summed E-state index contributed by atoms with van der Waals surface area (Å²) < 4.78 is 0. The lowest BCUT2D eigenvalue weighted by atomic mass is 10.00. The van der Waals surface area contributed by atoms with E-state index in [1.54, 1.807) is 6.07 Å². The molecule has 0 bridgehead atoms. The Morgan fingerprint density at radius 3 is 2.63 bits per heavy atom. The molecule has 106 valence electrons. The van der Waals surface area contributed by atoms with Crippen LogP contribution in [-0.4, -0.2) is 36.6 Å². The number of nitrogens with zero attached hydrogens (tertiary/aromatic N) is 1. The van der Waals surface area contributed by atoms with E-state index in [0.29, 0.717) is 5.56 Å². The fourth-order valence-corrected chi connectivity index (χ4v) is 1.90. The summed E-state index contributed by atoms with van der Waals surface area (Å²) in [4.78, 5) is 13.3. The molecule has 1 aromatic rings. The Morgan fingerprint density at radius 2 is 2.11 bits per heavy atom. The van der Waals surface area contributed by atoms with Crippen molar-refractivity contribution in [2.75, 3.05) is 26.0 Å². The van der Waals surface area contributed by atoms with E-state index >= 15 is 0 Å². The lowest BCUT2D eigenvalue weighted by Gasteiger charge is -2.22. The highest BCUT2D eigenvalue weighted by Gasteiger charge is 2.17. The minimum Gasteiger partial charge on any atom is -0.478 e. The third-order valence-electron chi connectivity index (χ3n) is 3.37. The second-order valence-electron chi connectivity index (χ2n) is 5.03. The second-order valence-corrected chi connectivity index (χ2v) is 5.03. The van der Waals surface area contributed by atoms with Crippen molar-refractivity contribution < 1.29 is 9.90 Å². The number of anilines is 1. The summed E-state index contributed by atoms with van der Waals surface area (Å²) in [6, 6.07) is 5.54. The average molecular weight is 264 g/mol. The van der Waals surface area contributed by atoms with Gasteiger partial charge in [0.15, 0.2) is 0 Å². The molecule has 19 heavy (non-hydrogen) atoms. The summed E-state index contributed by atoms with van der Waals surface area (Å²) in [6.07, 6.45) is 2.25. The normalized spacial score (nSPS) is 12.5. The zero-order valence-corrected chi connectivity index (χ0v) is 12.2. The van der Waals surface area contributed by atoms with Gasteiger partial charge >= 0.3 is 5.97 Å². The molecule has 0 radical (unpaired) electrons. The van der Waals surface area contributed by atoms with Crippen LogP contribution in [-0.2, 0) is 0 Å². The lowest BCUT2D eigenvalue weighted by Crippen LogP contribution is -2.19. The Morgan fingerprint density at radius 1 is 1.42 bits per heavy atom. The maximum absolute atomic E-state index is 11.3. The fourth-order valence-electron chi connectivity index (χ4n) is 1.90. The SMILES string of the molecule is CCCCNc1ccc(C(=O)O)c(C(C)N(C)C)c1. The van der Waals surface area contributed by atoms with E-state index < -0.39 is 5.97 Å². The van der Waals surface area contributed by atoms with Crippen molar-refractivity contribution in [1.29, 1.82) is 0 Å². The van der Waals surface area contributed by atoms with Gasteiger partial charge in [-0.1, -0.05) is 13.3 Å². The first kappa shape index (κ1) is 15.5. The third-order valence-corrected chi connectivity index (χ3v) is 3.37. The quantitative estimate of drug-likeness (QED) is 0.742. The minimum absolute atomic E-state index is 0.0685.